The fraction of sp³-hybridized carbons (Fsp3) is 0.375. The lowest BCUT2D eigenvalue weighted by Crippen LogP contribution is -2.45. The van der Waals surface area contributed by atoms with E-state index in [-0.39, 0.29) is 5.56 Å². The summed E-state index contributed by atoms with van der Waals surface area (Å²) in [5, 5.41) is 16.0. The first-order chi connectivity index (χ1) is 12.0. The van der Waals surface area contributed by atoms with Crippen molar-refractivity contribution in [3.63, 3.8) is 0 Å². The third-order valence-corrected chi connectivity index (χ3v) is 3.53. The van der Waals surface area contributed by atoms with Crippen molar-refractivity contribution in [2.45, 2.75) is 19.4 Å². The van der Waals surface area contributed by atoms with Gasteiger partial charge in [-0.15, -0.1) is 0 Å². The van der Waals surface area contributed by atoms with Crippen LogP contribution in [-0.4, -0.2) is 48.4 Å². The molecule has 2 amide bonds. The Morgan fingerprint density at radius 3 is 2.68 bits per heavy atom. The maximum Gasteiger partial charge on any atom is 0.328 e. The minimum absolute atomic E-state index is 0.237. The number of amides is 2. The molecule has 134 valence electrons. The highest BCUT2D eigenvalue weighted by molar-refractivity contribution is 5.90. The lowest BCUT2D eigenvalue weighted by atomic mass is 10.2. The Hall–Kier alpha value is -3.10. The van der Waals surface area contributed by atoms with Crippen LogP contribution >= 0.6 is 0 Å². The summed E-state index contributed by atoms with van der Waals surface area (Å²) in [7, 11) is 1.26. The second-order valence-corrected chi connectivity index (χ2v) is 5.37. The molecular formula is C16H21N5O4. The molecule has 1 unspecified atom stereocenters. The number of carbonyl (C=O) groups excluding carboxylic acids is 2. The van der Waals surface area contributed by atoms with Crippen LogP contribution in [0.5, 0.6) is 0 Å². The van der Waals surface area contributed by atoms with Crippen LogP contribution in [0.15, 0.2) is 29.1 Å². The van der Waals surface area contributed by atoms with Crippen molar-refractivity contribution in [1.82, 2.24) is 20.8 Å². The van der Waals surface area contributed by atoms with Crippen molar-refractivity contribution in [3.05, 3.63) is 34.6 Å². The second-order valence-electron chi connectivity index (χ2n) is 5.37. The van der Waals surface area contributed by atoms with E-state index >= 15 is 0 Å². The molecule has 9 heteroatoms. The molecular weight excluding hydrogens is 326 g/mol. The molecule has 0 spiro atoms. The van der Waals surface area contributed by atoms with E-state index < -0.39 is 18.0 Å². The number of fused-ring (bicyclic) bond motifs is 1. The van der Waals surface area contributed by atoms with E-state index in [1.807, 2.05) is 12.1 Å². The van der Waals surface area contributed by atoms with Crippen molar-refractivity contribution in [1.29, 1.82) is 0 Å². The average molecular weight is 347 g/mol. The van der Waals surface area contributed by atoms with E-state index in [1.54, 1.807) is 19.1 Å². The molecule has 25 heavy (non-hydrogen) atoms. The number of aromatic nitrogens is 2. The van der Waals surface area contributed by atoms with Crippen LogP contribution in [0.3, 0.4) is 0 Å². The van der Waals surface area contributed by atoms with Crippen LogP contribution < -0.4 is 21.5 Å². The van der Waals surface area contributed by atoms with Gasteiger partial charge in [-0.05, 0) is 19.4 Å². The fourth-order valence-electron chi connectivity index (χ4n) is 2.23. The fourth-order valence-corrected chi connectivity index (χ4v) is 2.23. The van der Waals surface area contributed by atoms with Crippen molar-refractivity contribution >= 4 is 28.6 Å². The number of rotatable bonds is 7. The molecule has 0 saturated heterocycles. The number of benzene rings is 1. The van der Waals surface area contributed by atoms with E-state index in [0.29, 0.717) is 30.7 Å². The monoisotopic (exact) mass is 347 g/mol. The first-order valence-corrected chi connectivity index (χ1v) is 7.86. The highest BCUT2D eigenvalue weighted by Crippen LogP contribution is 2.16. The number of aromatic amines is 1. The molecule has 0 aliphatic heterocycles. The number of methoxy groups -OCH3 is 1. The molecule has 0 aliphatic carbocycles. The molecule has 0 radical (unpaired) electrons. The predicted octanol–water partition coefficient (Wildman–Crippen LogP) is 0.586. The lowest BCUT2D eigenvalue weighted by Gasteiger charge is -2.12. The minimum atomic E-state index is -0.708. The Kier molecular flexibility index (Phi) is 6.33. The van der Waals surface area contributed by atoms with Gasteiger partial charge in [-0.25, -0.2) is 14.7 Å². The van der Waals surface area contributed by atoms with E-state index in [0.717, 1.165) is 5.39 Å². The number of anilines is 1. The topological polar surface area (TPSA) is 125 Å². The highest BCUT2D eigenvalue weighted by atomic mass is 16.5. The van der Waals surface area contributed by atoms with Gasteiger partial charge in [0.25, 0.3) is 5.56 Å². The van der Waals surface area contributed by atoms with E-state index in [9.17, 15) is 14.4 Å². The predicted molar refractivity (Wildman–Crippen MR) is 93.5 cm³/mol. The van der Waals surface area contributed by atoms with Gasteiger partial charge < -0.3 is 20.7 Å². The zero-order valence-corrected chi connectivity index (χ0v) is 14.1. The van der Waals surface area contributed by atoms with Gasteiger partial charge >= 0.3 is 12.0 Å². The third kappa shape index (κ3) is 4.93. The maximum absolute atomic E-state index is 11.7. The summed E-state index contributed by atoms with van der Waals surface area (Å²) in [5.74, 6) is 0.0757. The largest absolute Gasteiger partial charge is 0.467 e. The zero-order chi connectivity index (χ0) is 18.2. The summed E-state index contributed by atoms with van der Waals surface area (Å²) in [6, 6.07) is 6.03. The zero-order valence-electron chi connectivity index (χ0n) is 14.1. The van der Waals surface area contributed by atoms with Gasteiger partial charge in [0, 0.05) is 18.5 Å². The molecule has 1 heterocycles. The molecule has 0 fully saturated rings. The highest BCUT2D eigenvalue weighted by Gasteiger charge is 2.15. The normalized spacial score (nSPS) is 11.6. The molecule has 0 aliphatic rings. The number of H-pyrrole nitrogens is 1. The summed E-state index contributed by atoms with van der Waals surface area (Å²) in [6.45, 7) is 2.50. The third-order valence-electron chi connectivity index (χ3n) is 3.53. The molecule has 2 aromatic rings. The first kappa shape index (κ1) is 18.2. The number of carbonyl (C=O) groups is 2. The van der Waals surface area contributed by atoms with Crippen LogP contribution in [0.4, 0.5) is 10.6 Å². The molecule has 2 rings (SSSR count). The first-order valence-electron chi connectivity index (χ1n) is 7.86. The standard InChI is InChI=1S/C16H21N5O4/c1-10(15(23)25-2)19-16(24)18-9-5-8-17-13-11-6-3-4-7-12(11)14(22)21-20-13/h3-4,6-7,10H,5,8-9H2,1-2H3,(H,17,20)(H,21,22)(H2,18,19,24). The van der Waals surface area contributed by atoms with Crippen molar-refractivity contribution < 1.29 is 14.3 Å². The van der Waals surface area contributed by atoms with Crippen LogP contribution in [0.2, 0.25) is 0 Å². The second kappa shape index (κ2) is 8.67. The summed E-state index contributed by atoms with van der Waals surface area (Å²) in [4.78, 5) is 34.5. The van der Waals surface area contributed by atoms with Gasteiger partial charge in [-0.2, -0.15) is 5.10 Å². The smallest absolute Gasteiger partial charge is 0.328 e. The molecule has 1 atom stereocenters. The molecule has 1 aromatic heterocycles. The summed E-state index contributed by atoms with van der Waals surface area (Å²) < 4.78 is 4.52. The Balaban J connectivity index is 1.77. The van der Waals surface area contributed by atoms with Gasteiger partial charge in [0.1, 0.15) is 6.04 Å². The average Bonchev–Trinajstić information content (AvgIpc) is 2.62. The molecule has 4 N–H and O–H groups in total. The number of esters is 1. The SMILES string of the molecule is COC(=O)C(C)NC(=O)NCCCNc1n[nH]c(=O)c2ccccc12. The quantitative estimate of drug-likeness (QED) is 0.429. The van der Waals surface area contributed by atoms with Gasteiger partial charge in [0.05, 0.1) is 12.5 Å². The Morgan fingerprint density at radius 2 is 1.96 bits per heavy atom. The molecule has 9 nitrogen and oxygen atoms in total. The summed E-state index contributed by atoms with van der Waals surface area (Å²) in [5.41, 5.74) is -0.237. The maximum atomic E-state index is 11.7. The van der Waals surface area contributed by atoms with E-state index in [4.69, 9.17) is 0 Å². The Bertz CT molecular complexity index is 804. The van der Waals surface area contributed by atoms with Gasteiger partial charge in [-0.3, -0.25) is 4.79 Å². The number of ether oxygens (including phenoxy) is 1. The summed E-state index contributed by atoms with van der Waals surface area (Å²) in [6.07, 6.45) is 0.634. The lowest BCUT2D eigenvalue weighted by molar-refractivity contribution is -0.142. The number of nitrogens with zero attached hydrogens (tertiary/aromatic N) is 1. The van der Waals surface area contributed by atoms with E-state index in [2.05, 4.69) is 30.9 Å². The van der Waals surface area contributed by atoms with Gasteiger partial charge in [0.15, 0.2) is 5.82 Å². The molecule has 0 bridgehead atoms. The minimum Gasteiger partial charge on any atom is -0.467 e. The number of hydrogen-bond donors (Lipinski definition) is 4. The van der Waals surface area contributed by atoms with Crippen molar-refractivity contribution in [2.24, 2.45) is 0 Å². The number of hydrogen-bond acceptors (Lipinski definition) is 6. The number of urea groups is 1. The van der Waals surface area contributed by atoms with Gasteiger partial charge in [0.2, 0.25) is 0 Å². The van der Waals surface area contributed by atoms with Crippen LogP contribution in [0, 0.1) is 0 Å². The Labute approximate surface area is 144 Å². The van der Waals surface area contributed by atoms with Crippen molar-refractivity contribution in [2.75, 3.05) is 25.5 Å². The van der Waals surface area contributed by atoms with Crippen molar-refractivity contribution in [3.8, 4) is 0 Å². The molecule has 1 aromatic carbocycles. The number of nitrogens with one attached hydrogen (secondary N) is 4. The van der Waals surface area contributed by atoms with E-state index in [1.165, 1.54) is 7.11 Å². The van der Waals surface area contributed by atoms with Gasteiger partial charge in [-0.1, -0.05) is 18.2 Å². The molecule has 0 saturated carbocycles. The van der Waals surface area contributed by atoms with Crippen LogP contribution in [-0.2, 0) is 9.53 Å². The summed E-state index contributed by atoms with van der Waals surface area (Å²) >= 11 is 0. The van der Waals surface area contributed by atoms with Crippen LogP contribution in [0.1, 0.15) is 13.3 Å². The van der Waals surface area contributed by atoms with Crippen LogP contribution in [0.25, 0.3) is 10.8 Å². The Morgan fingerprint density at radius 1 is 1.24 bits per heavy atom.